The Balaban J connectivity index is 1.75. The normalized spacial score (nSPS) is 13.7. The molecule has 2 aromatic carbocycles. The number of alkyl halides is 1. The number of aryl methyl sites for hydroxylation is 1. The van der Waals surface area contributed by atoms with E-state index >= 15 is 4.39 Å². The van der Waals surface area contributed by atoms with Crippen LogP contribution in [0.5, 0.6) is 5.75 Å². The van der Waals surface area contributed by atoms with E-state index in [0.29, 0.717) is 39.2 Å². The molecule has 0 unspecified atom stereocenters. The molecule has 0 saturated heterocycles. The lowest BCUT2D eigenvalue weighted by Crippen LogP contribution is -2.53. The van der Waals surface area contributed by atoms with Crippen LogP contribution < -0.4 is 10.1 Å². The minimum atomic E-state index is -2.32. The number of halogens is 2. The zero-order valence-corrected chi connectivity index (χ0v) is 23.2. The van der Waals surface area contributed by atoms with E-state index in [-0.39, 0.29) is 11.3 Å². The van der Waals surface area contributed by atoms with Gasteiger partial charge in [-0.1, -0.05) is 0 Å². The SMILES string of the molecule is COc1cc(C(=O)NC[C@](O)(c2cc(C(C)(C)O)cc(-c3ccc(F)cc3)n2)C(C)(C)F)cc2cc(C)nnc12. The Bertz CT molecular complexity index is 1560. The zero-order valence-electron chi connectivity index (χ0n) is 23.2. The van der Waals surface area contributed by atoms with Gasteiger partial charge in [0, 0.05) is 16.5 Å². The van der Waals surface area contributed by atoms with Crippen molar-refractivity contribution in [3.8, 4) is 17.0 Å². The second kappa shape index (κ2) is 10.5. The number of carbonyl (C=O) groups excluding carboxylic acids is 1. The highest BCUT2D eigenvalue weighted by molar-refractivity contribution is 5.99. The molecule has 0 aliphatic heterocycles. The van der Waals surface area contributed by atoms with Crippen molar-refractivity contribution >= 4 is 16.8 Å². The number of pyridine rings is 1. The number of hydrogen-bond donors (Lipinski definition) is 3. The summed E-state index contributed by atoms with van der Waals surface area (Å²) in [6, 6.07) is 13.3. The van der Waals surface area contributed by atoms with Gasteiger partial charge in [0.2, 0.25) is 0 Å². The maximum Gasteiger partial charge on any atom is 0.251 e. The second-order valence-corrected chi connectivity index (χ2v) is 10.8. The van der Waals surface area contributed by atoms with Gasteiger partial charge in [0.1, 0.15) is 22.8 Å². The predicted octanol–water partition coefficient (Wildman–Crippen LogP) is 4.74. The molecule has 4 aromatic rings. The highest BCUT2D eigenvalue weighted by atomic mass is 19.1. The number of aliphatic hydroxyl groups is 2. The van der Waals surface area contributed by atoms with Gasteiger partial charge in [0.05, 0.1) is 36.3 Å². The van der Waals surface area contributed by atoms with E-state index in [0.717, 1.165) is 0 Å². The van der Waals surface area contributed by atoms with Crippen molar-refractivity contribution in [3.05, 3.63) is 82.9 Å². The Morgan fingerprint density at radius 1 is 1.00 bits per heavy atom. The number of hydrogen-bond acceptors (Lipinski definition) is 7. The molecule has 2 aromatic heterocycles. The van der Waals surface area contributed by atoms with Crippen molar-refractivity contribution in [3.63, 3.8) is 0 Å². The third-order valence-electron chi connectivity index (χ3n) is 6.84. The molecule has 1 amide bonds. The van der Waals surface area contributed by atoms with E-state index in [2.05, 4.69) is 20.5 Å². The summed E-state index contributed by atoms with van der Waals surface area (Å²) >= 11 is 0. The van der Waals surface area contributed by atoms with Crippen molar-refractivity contribution < 1.29 is 28.5 Å². The number of rotatable bonds is 8. The highest BCUT2D eigenvalue weighted by Gasteiger charge is 2.48. The number of nitrogens with one attached hydrogen (secondary N) is 1. The van der Waals surface area contributed by atoms with Gasteiger partial charge in [0.25, 0.3) is 5.91 Å². The first kappa shape index (κ1) is 29.0. The molecule has 0 spiro atoms. The van der Waals surface area contributed by atoms with E-state index < -0.39 is 35.1 Å². The van der Waals surface area contributed by atoms with Crippen LogP contribution in [0.1, 0.15) is 55.0 Å². The lowest BCUT2D eigenvalue weighted by molar-refractivity contribution is -0.0907. The van der Waals surface area contributed by atoms with E-state index in [9.17, 15) is 19.4 Å². The molecule has 4 rings (SSSR count). The molecule has 0 bridgehead atoms. The van der Waals surface area contributed by atoms with E-state index in [1.165, 1.54) is 57.4 Å². The quantitative estimate of drug-likeness (QED) is 0.290. The molecule has 0 saturated carbocycles. The second-order valence-electron chi connectivity index (χ2n) is 10.8. The van der Waals surface area contributed by atoms with E-state index in [1.807, 2.05) is 0 Å². The molecule has 10 heteroatoms. The molecular formula is C30H32F2N4O4. The van der Waals surface area contributed by atoms with Crippen LogP contribution >= 0.6 is 0 Å². The first-order chi connectivity index (χ1) is 18.6. The smallest absolute Gasteiger partial charge is 0.251 e. The fourth-order valence-corrected chi connectivity index (χ4v) is 4.30. The average Bonchev–Trinajstić information content (AvgIpc) is 2.89. The van der Waals surface area contributed by atoms with Crippen LogP contribution in [-0.4, -0.2) is 50.6 Å². The maximum atomic E-state index is 15.8. The van der Waals surface area contributed by atoms with Crippen LogP contribution in [-0.2, 0) is 11.2 Å². The molecule has 0 aliphatic carbocycles. The van der Waals surface area contributed by atoms with Gasteiger partial charge in [-0.15, -0.1) is 5.10 Å². The zero-order chi connectivity index (χ0) is 29.5. The number of aromatic nitrogens is 3. The molecule has 1 atom stereocenters. The molecule has 40 heavy (non-hydrogen) atoms. The molecule has 0 radical (unpaired) electrons. The third-order valence-corrected chi connectivity index (χ3v) is 6.84. The Morgan fingerprint density at radius 2 is 1.68 bits per heavy atom. The van der Waals surface area contributed by atoms with Crippen molar-refractivity contribution in [2.45, 2.75) is 51.5 Å². The van der Waals surface area contributed by atoms with Crippen LogP contribution in [0.4, 0.5) is 8.78 Å². The maximum absolute atomic E-state index is 15.8. The fraction of sp³-hybridized carbons (Fsp3) is 0.333. The highest BCUT2D eigenvalue weighted by Crippen LogP contribution is 2.38. The number of fused-ring (bicyclic) bond motifs is 1. The van der Waals surface area contributed by atoms with Gasteiger partial charge in [0.15, 0.2) is 5.60 Å². The van der Waals surface area contributed by atoms with Gasteiger partial charge < -0.3 is 20.3 Å². The predicted molar refractivity (Wildman–Crippen MR) is 147 cm³/mol. The minimum Gasteiger partial charge on any atom is -0.494 e. The van der Waals surface area contributed by atoms with Crippen molar-refractivity contribution in [1.29, 1.82) is 0 Å². The number of amides is 1. The Kier molecular flexibility index (Phi) is 7.62. The molecule has 0 aliphatic rings. The summed E-state index contributed by atoms with van der Waals surface area (Å²) in [4.78, 5) is 17.8. The Labute approximate surface area is 231 Å². The molecule has 210 valence electrons. The topological polar surface area (TPSA) is 117 Å². The first-order valence-electron chi connectivity index (χ1n) is 12.7. The monoisotopic (exact) mass is 550 g/mol. The van der Waals surface area contributed by atoms with Crippen molar-refractivity contribution in [2.24, 2.45) is 0 Å². The Morgan fingerprint density at radius 3 is 2.27 bits per heavy atom. The minimum absolute atomic E-state index is 0.110. The third kappa shape index (κ3) is 5.78. The molecule has 0 fully saturated rings. The van der Waals surface area contributed by atoms with Crippen LogP contribution in [0.2, 0.25) is 0 Å². The summed E-state index contributed by atoms with van der Waals surface area (Å²) in [5, 5.41) is 34.0. The van der Waals surface area contributed by atoms with Gasteiger partial charge >= 0.3 is 0 Å². The van der Waals surface area contributed by atoms with Gasteiger partial charge in [-0.25, -0.2) is 13.8 Å². The van der Waals surface area contributed by atoms with Gasteiger partial charge in [-0.05, 0) is 94.8 Å². The van der Waals surface area contributed by atoms with Crippen molar-refractivity contribution in [2.75, 3.05) is 13.7 Å². The lowest BCUT2D eigenvalue weighted by atomic mass is 9.82. The summed E-state index contributed by atoms with van der Waals surface area (Å²) in [6.45, 7) is 6.66. The summed E-state index contributed by atoms with van der Waals surface area (Å²) in [5.41, 5.74) is -3.62. The Hall–Kier alpha value is -4.02. The van der Waals surface area contributed by atoms with Crippen LogP contribution in [0, 0.1) is 12.7 Å². The van der Waals surface area contributed by atoms with E-state index in [4.69, 9.17) is 4.74 Å². The number of carbonyl (C=O) groups is 1. The fourth-order valence-electron chi connectivity index (χ4n) is 4.30. The average molecular weight is 551 g/mol. The first-order valence-corrected chi connectivity index (χ1v) is 12.7. The van der Waals surface area contributed by atoms with Crippen LogP contribution in [0.3, 0.4) is 0 Å². The summed E-state index contributed by atoms with van der Waals surface area (Å²) in [6.07, 6.45) is 0. The van der Waals surface area contributed by atoms with Gasteiger partial charge in [-0.2, -0.15) is 5.10 Å². The lowest BCUT2D eigenvalue weighted by Gasteiger charge is -2.37. The summed E-state index contributed by atoms with van der Waals surface area (Å²) in [5.74, 6) is -0.700. The summed E-state index contributed by atoms with van der Waals surface area (Å²) < 4.78 is 34.7. The van der Waals surface area contributed by atoms with Gasteiger partial charge in [-0.3, -0.25) is 4.79 Å². The van der Waals surface area contributed by atoms with Crippen LogP contribution in [0.25, 0.3) is 22.2 Å². The number of methoxy groups -OCH3 is 1. The largest absolute Gasteiger partial charge is 0.494 e. The number of ether oxygens (including phenoxy) is 1. The van der Waals surface area contributed by atoms with E-state index in [1.54, 1.807) is 39.0 Å². The molecule has 8 nitrogen and oxygen atoms in total. The number of benzene rings is 2. The molecule has 2 heterocycles. The van der Waals surface area contributed by atoms with Crippen molar-refractivity contribution in [1.82, 2.24) is 20.5 Å². The summed E-state index contributed by atoms with van der Waals surface area (Å²) in [7, 11) is 1.45. The molecular weight excluding hydrogens is 518 g/mol. The number of nitrogens with zero attached hydrogens (tertiary/aromatic N) is 3. The molecule has 3 N–H and O–H groups in total. The van der Waals surface area contributed by atoms with Crippen LogP contribution in [0.15, 0.2) is 54.6 Å². The standard InChI is InChI=1S/C30H32F2N4O4/c1-17-11-19-12-20(13-24(40-6)26(19)36-35-17)27(37)33-16-30(39,29(4,5)32)25-15-21(28(2,3)38)14-23(34-25)18-7-9-22(31)10-8-18/h7-15,38-39H,16H2,1-6H3,(H,33,37)/t30-/m0/s1.